The van der Waals surface area contributed by atoms with Gasteiger partial charge in [0.2, 0.25) is 0 Å². The number of para-hydroxylation sites is 2. The maximum absolute atomic E-state index is 6.13. The average molecular weight is 780 g/mol. The zero-order chi connectivity index (χ0) is 40.3. The summed E-state index contributed by atoms with van der Waals surface area (Å²) in [6, 6.07) is 80.2. The van der Waals surface area contributed by atoms with Crippen LogP contribution in [0, 0.1) is 0 Å². The van der Waals surface area contributed by atoms with Crippen LogP contribution in [0.25, 0.3) is 99.2 Å². The topological polar surface area (TPSA) is 29.5 Å². The van der Waals surface area contributed by atoms with E-state index in [9.17, 15) is 0 Å². The van der Waals surface area contributed by atoms with Crippen LogP contribution in [-0.4, -0.2) is 0 Å². The lowest BCUT2D eigenvalue weighted by Gasteiger charge is -2.26. The Bertz CT molecular complexity index is 3420. The van der Waals surface area contributed by atoms with E-state index in [1.54, 1.807) is 0 Å². The van der Waals surface area contributed by atoms with Crippen molar-refractivity contribution in [3.8, 4) is 44.5 Å². The molecule has 0 saturated heterocycles. The summed E-state index contributed by atoms with van der Waals surface area (Å²) in [4.78, 5) is 2.34. The van der Waals surface area contributed by atoms with Crippen LogP contribution in [0.5, 0.6) is 0 Å². The van der Waals surface area contributed by atoms with Crippen molar-refractivity contribution in [2.45, 2.75) is 0 Å². The first-order valence-corrected chi connectivity index (χ1v) is 20.7. The third-order valence-corrected chi connectivity index (χ3v) is 12.1. The van der Waals surface area contributed by atoms with Gasteiger partial charge in [-0.3, -0.25) is 0 Å². The number of rotatable bonds is 7. The number of furan rings is 2. The van der Waals surface area contributed by atoms with Crippen LogP contribution in [0.2, 0.25) is 0 Å². The fraction of sp³-hybridized carbons (Fsp3) is 0. The highest BCUT2D eigenvalue weighted by molar-refractivity contribution is 6.07. The largest absolute Gasteiger partial charge is 0.456 e. The molecular weight excluding hydrogens is 743 g/mol. The summed E-state index contributed by atoms with van der Waals surface area (Å²) in [6.45, 7) is 0. The summed E-state index contributed by atoms with van der Waals surface area (Å²) in [7, 11) is 0. The van der Waals surface area contributed by atoms with Gasteiger partial charge in [-0.15, -0.1) is 0 Å². The van der Waals surface area contributed by atoms with Gasteiger partial charge in [-0.05, 0) is 140 Å². The Morgan fingerprint density at radius 1 is 0.230 bits per heavy atom. The van der Waals surface area contributed by atoms with Crippen molar-refractivity contribution in [1.29, 1.82) is 0 Å². The number of hydrogen-bond acceptors (Lipinski definition) is 3. The normalized spacial score (nSPS) is 11.6. The smallest absolute Gasteiger partial charge is 0.135 e. The van der Waals surface area contributed by atoms with Crippen molar-refractivity contribution >= 4 is 71.7 Å². The number of hydrogen-bond donors (Lipinski definition) is 0. The lowest BCUT2D eigenvalue weighted by Crippen LogP contribution is -2.09. The molecular formula is C58H37NO2. The molecule has 3 nitrogen and oxygen atoms in total. The molecule has 0 bridgehead atoms. The van der Waals surface area contributed by atoms with Gasteiger partial charge in [0.05, 0.1) is 0 Å². The van der Waals surface area contributed by atoms with E-state index in [0.29, 0.717) is 0 Å². The second kappa shape index (κ2) is 14.3. The Hall–Kier alpha value is -8.14. The van der Waals surface area contributed by atoms with Crippen molar-refractivity contribution in [2.24, 2.45) is 0 Å². The second-order valence-electron chi connectivity index (χ2n) is 15.7. The summed E-state index contributed by atoms with van der Waals surface area (Å²) in [5.41, 5.74) is 16.2. The first-order chi connectivity index (χ1) is 30.2. The van der Waals surface area contributed by atoms with Crippen molar-refractivity contribution in [2.75, 3.05) is 4.90 Å². The quantitative estimate of drug-likeness (QED) is 0.161. The summed E-state index contributed by atoms with van der Waals surface area (Å²) in [5, 5.41) is 7.01. The minimum Gasteiger partial charge on any atom is -0.456 e. The van der Waals surface area contributed by atoms with E-state index >= 15 is 0 Å². The fourth-order valence-corrected chi connectivity index (χ4v) is 8.91. The molecule has 0 spiro atoms. The number of benzene rings is 10. The Kier molecular flexibility index (Phi) is 8.17. The Morgan fingerprint density at radius 2 is 0.607 bits per heavy atom. The lowest BCUT2D eigenvalue weighted by atomic mass is 9.97. The zero-order valence-corrected chi connectivity index (χ0v) is 33.1. The van der Waals surface area contributed by atoms with E-state index in [0.717, 1.165) is 83.2 Å². The van der Waals surface area contributed by atoms with Gasteiger partial charge in [-0.1, -0.05) is 140 Å². The van der Waals surface area contributed by atoms with Crippen LogP contribution in [-0.2, 0) is 0 Å². The van der Waals surface area contributed by atoms with E-state index in [1.165, 1.54) is 33.0 Å². The molecule has 0 fully saturated rings. The molecule has 12 rings (SSSR count). The molecule has 3 heteroatoms. The maximum atomic E-state index is 6.13. The van der Waals surface area contributed by atoms with E-state index in [4.69, 9.17) is 8.83 Å². The highest BCUT2D eigenvalue weighted by Gasteiger charge is 2.16. The van der Waals surface area contributed by atoms with Gasteiger partial charge >= 0.3 is 0 Å². The van der Waals surface area contributed by atoms with Crippen LogP contribution < -0.4 is 4.90 Å². The van der Waals surface area contributed by atoms with E-state index in [-0.39, 0.29) is 0 Å². The third kappa shape index (κ3) is 6.23. The van der Waals surface area contributed by atoms with Gasteiger partial charge in [-0.2, -0.15) is 0 Å². The second-order valence-corrected chi connectivity index (χ2v) is 15.7. The fourth-order valence-electron chi connectivity index (χ4n) is 8.91. The molecule has 0 aliphatic rings. The van der Waals surface area contributed by atoms with Gasteiger partial charge in [-0.25, -0.2) is 0 Å². The van der Waals surface area contributed by atoms with E-state index in [1.807, 2.05) is 24.3 Å². The molecule has 0 N–H and O–H groups in total. The van der Waals surface area contributed by atoms with Crippen LogP contribution in [0.4, 0.5) is 17.1 Å². The Morgan fingerprint density at radius 3 is 1.13 bits per heavy atom. The molecule has 0 saturated carbocycles. The van der Waals surface area contributed by atoms with E-state index < -0.39 is 0 Å². The molecule has 10 aromatic carbocycles. The number of anilines is 3. The molecule has 61 heavy (non-hydrogen) atoms. The van der Waals surface area contributed by atoms with Crippen LogP contribution >= 0.6 is 0 Å². The van der Waals surface area contributed by atoms with Gasteiger partial charge < -0.3 is 13.7 Å². The molecule has 0 aliphatic heterocycles. The molecule has 12 aromatic rings. The molecule has 2 aromatic heterocycles. The summed E-state index contributed by atoms with van der Waals surface area (Å²) < 4.78 is 12.3. The number of nitrogens with zero attached hydrogens (tertiary/aromatic N) is 1. The van der Waals surface area contributed by atoms with Crippen molar-refractivity contribution in [3.63, 3.8) is 0 Å². The van der Waals surface area contributed by atoms with E-state index in [2.05, 4.69) is 205 Å². The van der Waals surface area contributed by atoms with Crippen molar-refractivity contribution in [3.05, 3.63) is 224 Å². The number of fused-ring (bicyclic) bond motifs is 7. The predicted molar refractivity (Wildman–Crippen MR) is 255 cm³/mol. The molecule has 0 radical (unpaired) electrons. The van der Waals surface area contributed by atoms with Gasteiger partial charge in [0.1, 0.15) is 22.3 Å². The van der Waals surface area contributed by atoms with Crippen LogP contribution in [0.3, 0.4) is 0 Å². The minimum atomic E-state index is 0.901. The van der Waals surface area contributed by atoms with Crippen molar-refractivity contribution in [1.82, 2.24) is 0 Å². The molecule has 286 valence electrons. The van der Waals surface area contributed by atoms with Crippen LogP contribution in [0.15, 0.2) is 233 Å². The van der Waals surface area contributed by atoms with Gasteiger partial charge in [0.15, 0.2) is 0 Å². The van der Waals surface area contributed by atoms with Gasteiger partial charge in [0.25, 0.3) is 0 Å². The maximum Gasteiger partial charge on any atom is 0.135 e. The molecule has 0 amide bonds. The average Bonchev–Trinajstić information content (AvgIpc) is 3.90. The molecule has 0 unspecified atom stereocenters. The highest BCUT2D eigenvalue weighted by atomic mass is 16.3. The molecule has 0 atom stereocenters. The molecule has 0 aliphatic carbocycles. The summed E-state index contributed by atoms with van der Waals surface area (Å²) in [5.74, 6) is 0. The predicted octanol–water partition coefficient (Wildman–Crippen LogP) is 16.8. The standard InChI is InChI=1S/C58H37NO2/c1-2-9-42-35-45(17-16-38(42)8-1)44-11-7-10-43(34-44)39-18-26-48(27-19-39)59(49-28-20-40(21-29-49)46-24-32-57-53(36-46)51-12-3-5-14-55(51)60-57)50-30-22-41(23-31-50)47-25-33-58-54(37-47)52-13-4-6-15-56(52)61-58/h1-37H. The zero-order valence-electron chi connectivity index (χ0n) is 33.1. The van der Waals surface area contributed by atoms with Gasteiger partial charge in [0, 0.05) is 38.6 Å². The SMILES string of the molecule is c1cc(-c2ccc(N(c3ccc(-c4ccc5oc6ccccc6c5c4)cc3)c3ccc(-c4ccc5oc6ccccc6c5c4)cc3)cc2)cc(-c2ccc3ccccc3c2)c1. The lowest BCUT2D eigenvalue weighted by molar-refractivity contribution is 0.668. The molecule has 2 heterocycles. The van der Waals surface area contributed by atoms with Crippen molar-refractivity contribution < 1.29 is 8.83 Å². The van der Waals surface area contributed by atoms with Crippen LogP contribution in [0.1, 0.15) is 0 Å². The summed E-state index contributed by atoms with van der Waals surface area (Å²) in [6.07, 6.45) is 0. The minimum absolute atomic E-state index is 0.901. The highest BCUT2D eigenvalue weighted by Crippen LogP contribution is 2.40. The Labute approximate surface area is 353 Å². The first kappa shape index (κ1) is 34.9. The third-order valence-electron chi connectivity index (χ3n) is 12.1. The Balaban J connectivity index is 0.904. The first-order valence-electron chi connectivity index (χ1n) is 20.7. The summed E-state index contributed by atoms with van der Waals surface area (Å²) >= 11 is 0. The monoisotopic (exact) mass is 779 g/mol.